The van der Waals surface area contributed by atoms with Crippen LogP contribution in [0.15, 0.2) is 41.0 Å². The van der Waals surface area contributed by atoms with E-state index in [0.29, 0.717) is 17.3 Å². The Morgan fingerprint density at radius 2 is 1.93 bits per heavy atom. The van der Waals surface area contributed by atoms with Gasteiger partial charge in [-0.25, -0.2) is 4.99 Å². The summed E-state index contributed by atoms with van der Waals surface area (Å²) in [6.45, 7) is 3.72. The monoisotopic (exact) mass is 408 g/mol. The molecule has 1 saturated carbocycles. The van der Waals surface area contributed by atoms with Crippen molar-refractivity contribution in [3.8, 4) is 6.07 Å². The summed E-state index contributed by atoms with van der Waals surface area (Å²) in [7, 11) is 0. The first-order valence-electron chi connectivity index (χ1n) is 10.2. The van der Waals surface area contributed by atoms with E-state index in [1.165, 1.54) is 19.5 Å². The number of nitrogens with two attached hydrogens (primary N) is 2. The first-order chi connectivity index (χ1) is 14.4. The molecule has 3 atom stereocenters. The van der Waals surface area contributed by atoms with Crippen LogP contribution in [0, 0.1) is 17.2 Å². The molecule has 3 rings (SSSR count). The molecule has 1 aromatic carbocycles. The van der Waals surface area contributed by atoms with Gasteiger partial charge in [-0.1, -0.05) is 0 Å². The van der Waals surface area contributed by atoms with Crippen LogP contribution in [-0.2, 0) is 4.79 Å². The van der Waals surface area contributed by atoms with Gasteiger partial charge < -0.3 is 21.7 Å². The van der Waals surface area contributed by atoms with E-state index in [9.17, 15) is 14.9 Å². The number of nitriles is 1. The van der Waals surface area contributed by atoms with Gasteiger partial charge in [-0.05, 0) is 70.0 Å². The van der Waals surface area contributed by atoms with E-state index in [0.717, 1.165) is 32.4 Å². The summed E-state index contributed by atoms with van der Waals surface area (Å²) in [5.74, 6) is -0.913. The highest BCUT2D eigenvalue weighted by Crippen LogP contribution is 2.30. The van der Waals surface area contributed by atoms with Crippen LogP contribution in [0.2, 0.25) is 0 Å². The zero-order valence-corrected chi connectivity index (χ0v) is 17.2. The number of hydrogen-bond donors (Lipinski definition) is 3. The van der Waals surface area contributed by atoms with Crippen molar-refractivity contribution in [2.75, 3.05) is 13.1 Å². The van der Waals surface area contributed by atoms with Crippen LogP contribution < -0.4 is 16.8 Å². The number of nitrogens with one attached hydrogen (secondary N) is 1. The van der Waals surface area contributed by atoms with Gasteiger partial charge in [0.1, 0.15) is 5.84 Å². The third-order valence-corrected chi connectivity index (χ3v) is 5.90. The first-order valence-corrected chi connectivity index (χ1v) is 10.2. The highest BCUT2D eigenvalue weighted by atomic mass is 16.1. The molecule has 1 aliphatic carbocycles. The largest absolute Gasteiger partial charge is 0.386 e. The Bertz CT molecular complexity index is 895. The number of ketones is 1. The minimum absolute atomic E-state index is 0.0200. The predicted octanol–water partition coefficient (Wildman–Crippen LogP) is 1.60. The average Bonchev–Trinajstić information content (AvgIpc) is 2.67. The molecule has 30 heavy (non-hydrogen) atoms. The fourth-order valence-electron chi connectivity index (χ4n) is 3.96. The SMILES string of the molecule is CC(=O)c1ccc(N=C(N)/C(=C\N[C@H]2CC[C@@H](N3CCC3)C[C@@H]2C#N)C(N)=O)cc1. The maximum atomic E-state index is 11.9. The van der Waals surface area contributed by atoms with Gasteiger partial charge in [-0.2, -0.15) is 5.26 Å². The van der Waals surface area contributed by atoms with Gasteiger partial charge in [-0.15, -0.1) is 0 Å². The van der Waals surface area contributed by atoms with Crippen molar-refractivity contribution >= 4 is 23.2 Å². The molecule has 158 valence electrons. The molecule has 1 heterocycles. The molecule has 2 aliphatic rings. The van der Waals surface area contributed by atoms with Crippen molar-refractivity contribution in [3.63, 3.8) is 0 Å². The van der Waals surface area contributed by atoms with Gasteiger partial charge >= 0.3 is 0 Å². The van der Waals surface area contributed by atoms with E-state index in [-0.39, 0.29) is 29.2 Å². The van der Waals surface area contributed by atoms with Crippen LogP contribution in [0.25, 0.3) is 0 Å². The van der Waals surface area contributed by atoms with Gasteiger partial charge in [0.25, 0.3) is 5.91 Å². The molecule has 0 bridgehead atoms. The van der Waals surface area contributed by atoms with Gasteiger partial charge in [0.2, 0.25) is 0 Å². The summed E-state index contributed by atoms with van der Waals surface area (Å²) >= 11 is 0. The zero-order valence-electron chi connectivity index (χ0n) is 17.2. The number of primary amides is 1. The molecule has 0 unspecified atom stereocenters. The number of likely N-dealkylation sites (tertiary alicyclic amines) is 1. The summed E-state index contributed by atoms with van der Waals surface area (Å²) in [6.07, 6.45) is 5.38. The van der Waals surface area contributed by atoms with E-state index in [1.54, 1.807) is 24.3 Å². The van der Waals surface area contributed by atoms with Gasteiger partial charge in [0.05, 0.1) is 23.2 Å². The Labute approximate surface area is 176 Å². The number of amides is 1. The molecular formula is C22H28N6O2. The van der Waals surface area contributed by atoms with Crippen molar-refractivity contribution in [1.82, 2.24) is 10.2 Å². The number of benzene rings is 1. The molecule has 0 aromatic heterocycles. The van der Waals surface area contributed by atoms with Crippen molar-refractivity contribution in [1.29, 1.82) is 5.26 Å². The van der Waals surface area contributed by atoms with Gasteiger partial charge in [-0.3, -0.25) is 9.59 Å². The third kappa shape index (κ3) is 5.05. The number of aliphatic imine (C=N–C) groups is 1. The summed E-state index contributed by atoms with van der Waals surface area (Å²) in [4.78, 5) is 30.0. The number of carbonyl (C=O) groups excluding carboxylic acids is 2. The first kappa shape index (κ1) is 21.5. The number of carbonyl (C=O) groups is 2. The molecule has 8 nitrogen and oxygen atoms in total. The standard InChI is InChI=1S/C22H28N6O2/c1-14(29)15-3-5-17(6-4-15)27-21(24)19(22(25)30)13-26-20-8-7-18(11-16(20)12-23)28-9-2-10-28/h3-6,13,16,18,20,26H,2,7-11H2,1H3,(H2,24,27)(H2,25,30)/b19-13+/t16-,18-,20+/m1/s1. The summed E-state index contributed by atoms with van der Waals surface area (Å²) in [6, 6.07) is 9.40. The lowest BCUT2D eigenvalue weighted by atomic mass is 9.81. The van der Waals surface area contributed by atoms with Gasteiger partial charge in [0, 0.05) is 23.8 Å². The summed E-state index contributed by atoms with van der Waals surface area (Å²) in [5, 5.41) is 12.8. The summed E-state index contributed by atoms with van der Waals surface area (Å²) in [5.41, 5.74) is 12.7. The quantitative estimate of drug-likeness (QED) is 0.271. The average molecular weight is 409 g/mol. The minimum atomic E-state index is -0.702. The Hall–Kier alpha value is -3.18. The Morgan fingerprint density at radius 1 is 1.23 bits per heavy atom. The lowest BCUT2D eigenvalue weighted by Crippen LogP contribution is -2.50. The van der Waals surface area contributed by atoms with Crippen LogP contribution in [0.4, 0.5) is 5.69 Å². The molecule has 2 fully saturated rings. The van der Waals surface area contributed by atoms with E-state index >= 15 is 0 Å². The normalized spacial score (nSPS) is 25.1. The topological polar surface area (TPSA) is 138 Å². The molecular weight excluding hydrogens is 380 g/mol. The van der Waals surface area contributed by atoms with Gasteiger partial charge in [0.15, 0.2) is 5.78 Å². The number of hydrogen-bond acceptors (Lipinski definition) is 6. The van der Waals surface area contributed by atoms with Crippen LogP contribution in [0.3, 0.4) is 0 Å². The highest BCUT2D eigenvalue weighted by Gasteiger charge is 2.34. The second kappa shape index (κ2) is 9.55. The van der Waals surface area contributed by atoms with E-state index in [1.807, 2.05) is 0 Å². The minimum Gasteiger partial charge on any atom is -0.386 e. The molecule has 1 aromatic rings. The van der Waals surface area contributed by atoms with E-state index in [4.69, 9.17) is 11.5 Å². The lowest BCUT2D eigenvalue weighted by molar-refractivity contribution is -0.114. The van der Waals surface area contributed by atoms with Crippen molar-refractivity contribution in [2.45, 2.75) is 44.7 Å². The Morgan fingerprint density at radius 3 is 2.47 bits per heavy atom. The maximum Gasteiger partial charge on any atom is 0.253 e. The Balaban J connectivity index is 1.69. The van der Waals surface area contributed by atoms with Crippen LogP contribution in [0.5, 0.6) is 0 Å². The highest BCUT2D eigenvalue weighted by molar-refractivity contribution is 6.20. The molecule has 1 aliphatic heterocycles. The molecule has 0 radical (unpaired) electrons. The van der Waals surface area contributed by atoms with Crippen LogP contribution >= 0.6 is 0 Å². The van der Waals surface area contributed by atoms with Crippen molar-refractivity contribution in [3.05, 3.63) is 41.6 Å². The molecule has 0 spiro atoms. The van der Waals surface area contributed by atoms with Crippen molar-refractivity contribution < 1.29 is 9.59 Å². The number of amidine groups is 1. The molecule has 5 N–H and O–H groups in total. The predicted molar refractivity (Wildman–Crippen MR) is 115 cm³/mol. The zero-order chi connectivity index (χ0) is 21.7. The fourth-order valence-corrected chi connectivity index (χ4v) is 3.96. The smallest absolute Gasteiger partial charge is 0.253 e. The second-order valence-electron chi connectivity index (χ2n) is 7.89. The van der Waals surface area contributed by atoms with Crippen LogP contribution in [0.1, 0.15) is 43.0 Å². The second-order valence-corrected chi connectivity index (χ2v) is 7.89. The van der Waals surface area contributed by atoms with E-state index < -0.39 is 5.91 Å². The van der Waals surface area contributed by atoms with Crippen LogP contribution in [-0.4, -0.2) is 47.6 Å². The molecule has 8 heteroatoms. The number of rotatable bonds is 7. The molecule has 1 amide bonds. The Kier molecular flexibility index (Phi) is 6.85. The summed E-state index contributed by atoms with van der Waals surface area (Å²) < 4.78 is 0. The van der Waals surface area contributed by atoms with E-state index in [2.05, 4.69) is 21.3 Å². The maximum absolute atomic E-state index is 11.9. The fraction of sp³-hybridized carbons (Fsp3) is 0.455. The number of nitrogens with zero attached hydrogens (tertiary/aromatic N) is 3. The van der Waals surface area contributed by atoms with Crippen molar-refractivity contribution in [2.24, 2.45) is 22.4 Å². The molecule has 1 saturated heterocycles. The number of Topliss-reactive ketones (excluding diaryl/α,β-unsaturated/α-hetero) is 1. The third-order valence-electron chi connectivity index (χ3n) is 5.90. The lowest BCUT2D eigenvalue weighted by Gasteiger charge is -2.43.